The molecule has 184 valence electrons. The van der Waals surface area contributed by atoms with Crippen molar-refractivity contribution >= 4 is 27.5 Å². The molecule has 3 rings (SSSR count). The maximum Gasteiger partial charge on any atom is 0.247 e. The SMILES string of the molecule is CC[C@@H](C)[C@H](NC(=O)[C@@H]1CCCN(S(=O)(=O)c2ccc(OC)cc2)C1)C(=O)Nc1ccccc1. The van der Waals surface area contributed by atoms with E-state index in [1.807, 2.05) is 32.0 Å². The van der Waals surface area contributed by atoms with Crippen LogP contribution in [0.5, 0.6) is 5.75 Å². The minimum absolute atomic E-state index is 0.0771. The first-order valence-corrected chi connectivity index (χ1v) is 13.0. The van der Waals surface area contributed by atoms with Crippen LogP contribution >= 0.6 is 0 Å². The van der Waals surface area contributed by atoms with Gasteiger partial charge >= 0.3 is 0 Å². The maximum atomic E-state index is 13.1. The Balaban J connectivity index is 1.70. The molecule has 1 aliphatic heterocycles. The number of nitrogens with zero attached hydrogens (tertiary/aromatic N) is 1. The van der Waals surface area contributed by atoms with Crippen LogP contribution in [0.2, 0.25) is 0 Å². The van der Waals surface area contributed by atoms with Crippen LogP contribution in [-0.4, -0.2) is 50.8 Å². The van der Waals surface area contributed by atoms with Gasteiger partial charge in [-0.2, -0.15) is 4.31 Å². The largest absolute Gasteiger partial charge is 0.497 e. The summed E-state index contributed by atoms with van der Waals surface area (Å²) in [6.07, 6.45) is 1.83. The lowest BCUT2D eigenvalue weighted by Gasteiger charge is -2.33. The Morgan fingerprint density at radius 3 is 2.41 bits per heavy atom. The average molecular weight is 488 g/mol. The Morgan fingerprint density at radius 2 is 1.79 bits per heavy atom. The standard InChI is InChI=1S/C25H33N3O5S/c1-4-18(2)23(25(30)26-20-10-6-5-7-11-20)27-24(29)19-9-8-16-28(17-19)34(31,32)22-14-12-21(33-3)13-15-22/h5-7,10-15,18-19,23H,4,8-9,16-17H2,1-3H3,(H,26,30)(H,27,29)/t18-,19-,23+/m1/s1. The molecule has 0 radical (unpaired) electrons. The second-order valence-electron chi connectivity index (χ2n) is 8.60. The highest BCUT2D eigenvalue weighted by Crippen LogP contribution is 2.25. The van der Waals surface area contributed by atoms with Crippen LogP contribution in [0.4, 0.5) is 5.69 Å². The van der Waals surface area contributed by atoms with Gasteiger partial charge in [-0.1, -0.05) is 38.5 Å². The van der Waals surface area contributed by atoms with E-state index in [0.29, 0.717) is 37.2 Å². The Kier molecular flexibility index (Phi) is 8.68. The first-order chi connectivity index (χ1) is 16.3. The smallest absolute Gasteiger partial charge is 0.247 e. The number of anilines is 1. The minimum atomic E-state index is -3.74. The summed E-state index contributed by atoms with van der Waals surface area (Å²) in [4.78, 5) is 26.3. The quantitative estimate of drug-likeness (QED) is 0.565. The van der Waals surface area contributed by atoms with E-state index in [1.165, 1.54) is 23.5 Å². The molecule has 9 heteroatoms. The molecule has 0 unspecified atom stereocenters. The van der Waals surface area contributed by atoms with E-state index < -0.39 is 22.0 Å². The van der Waals surface area contributed by atoms with Crippen LogP contribution in [0.1, 0.15) is 33.1 Å². The molecule has 1 fully saturated rings. The number of amides is 2. The number of carbonyl (C=O) groups excluding carboxylic acids is 2. The second-order valence-corrected chi connectivity index (χ2v) is 10.5. The summed E-state index contributed by atoms with van der Waals surface area (Å²) in [6.45, 7) is 4.30. The molecule has 0 spiro atoms. The zero-order valence-corrected chi connectivity index (χ0v) is 20.7. The number of para-hydroxylation sites is 1. The zero-order valence-electron chi connectivity index (χ0n) is 19.9. The number of nitrogens with one attached hydrogen (secondary N) is 2. The number of benzene rings is 2. The lowest BCUT2D eigenvalue weighted by atomic mass is 9.94. The van der Waals surface area contributed by atoms with Crippen LogP contribution in [0.3, 0.4) is 0 Å². The van der Waals surface area contributed by atoms with Crippen molar-refractivity contribution in [3.05, 3.63) is 54.6 Å². The molecular weight excluding hydrogens is 454 g/mol. The van der Waals surface area contributed by atoms with Gasteiger partial charge in [0.25, 0.3) is 0 Å². The van der Waals surface area contributed by atoms with E-state index >= 15 is 0 Å². The molecule has 1 saturated heterocycles. The summed E-state index contributed by atoms with van der Waals surface area (Å²) in [5, 5.41) is 5.75. The van der Waals surface area contributed by atoms with Crippen molar-refractivity contribution in [1.29, 1.82) is 0 Å². The molecule has 0 saturated carbocycles. The zero-order chi connectivity index (χ0) is 24.7. The third-order valence-corrected chi connectivity index (χ3v) is 8.17. The molecule has 0 aromatic heterocycles. The Bertz CT molecular complexity index is 1070. The van der Waals surface area contributed by atoms with Gasteiger partial charge in [0.15, 0.2) is 0 Å². The minimum Gasteiger partial charge on any atom is -0.497 e. The first-order valence-electron chi connectivity index (χ1n) is 11.6. The molecule has 2 aromatic carbocycles. The Morgan fingerprint density at radius 1 is 1.12 bits per heavy atom. The number of rotatable bonds is 9. The van der Waals surface area contributed by atoms with E-state index in [9.17, 15) is 18.0 Å². The number of ether oxygens (including phenoxy) is 1. The first kappa shape index (κ1) is 25.7. The van der Waals surface area contributed by atoms with Crippen molar-refractivity contribution < 1.29 is 22.7 Å². The van der Waals surface area contributed by atoms with Gasteiger partial charge < -0.3 is 15.4 Å². The van der Waals surface area contributed by atoms with Crippen LogP contribution in [-0.2, 0) is 19.6 Å². The third kappa shape index (κ3) is 6.15. The predicted molar refractivity (Wildman–Crippen MR) is 131 cm³/mol. The van der Waals surface area contributed by atoms with Gasteiger partial charge in [-0.3, -0.25) is 9.59 Å². The van der Waals surface area contributed by atoms with Crippen molar-refractivity contribution in [2.24, 2.45) is 11.8 Å². The molecule has 1 aliphatic rings. The van der Waals surface area contributed by atoms with E-state index in [-0.39, 0.29) is 29.2 Å². The van der Waals surface area contributed by atoms with Crippen molar-refractivity contribution in [1.82, 2.24) is 9.62 Å². The van der Waals surface area contributed by atoms with Crippen LogP contribution in [0, 0.1) is 11.8 Å². The lowest BCUT2D eigenvalue weighted by molar-refractivity contribution is -0.131. The average Bonchev–Trinajstić information content (AvgIpc) is 2.87. The molecule has 0 bridgehead atoms. The summed E-state index contributed by atoms with van der Waals surface area (Å²) in [5.74, 6) is -0.636. The highest BCUT2D eigenvalue weighted by atomic mass is 32.2. The highest BCUT2D eigenvalue weighted by Gasteiger charge is 2.35. The van der Waals surface area contributed by atoms with Gasteiger partial charge in [0.1, 0.15) is 11.8 Å². The number of carbonyl (C=O) groups is 2. The monoisotopic (exact) mass is 487 g/mol. The maximum absolute atomic E-state index is 13.1. The van der Waals surface area contributed by atoms with Crippen LogP contribution in [0.25, 0.3) is 0 Å². The molecule has 2 N–H and O–H groups in total. The van der Waals surface area contributed by atoms with E-state index in [2.05, 4.69) is 10.6 Å². The molecule has 34 heavy (non-hydrogen) atoms. The number of hydrogen-bond acceptors (Lipinski definition) is 5. The molecule has 3 atom stereocenters. The van der Waals surface area contributed by atoms with E-state index in [0.717, 1.165) is 0 Å². The fourth-order valence-corrected chi connectivity index (χ4v) is 5.51. The number of sulfonamides is 1. The fraction of sp³-hybridized carbons (Fsp3) is 0.440. The highest BCUT2D eigenvalue weighted by molar-refractivity contribution is 7.89. The molecule has 1 heterocycles. The lowest BCUT2D eigenvalue weighted by Crippen LogP contribution is -2.52. The van der Waals surface area contributed by atoms with E-state index in [4.69, 9.17) is 4.74 Å². The van der Waals surface area contributed by atoms with Gasteiger partial charge in [0.2, 0.25) is 21.8 Å². The van der Waals surface area contributed by atoms with Crippen LogP contribution in [0.15, 0.2) is 59.5 Å². The summed E-state index contributed by atoms with van der Waals surface area (Å²) < 4.78 is 32.7. The number of hydrogen-bond donors (Lipinski definition) is 2. The van der Waals surface area contributed by atoms with Crippen LogP contribution < -0.4 is 15.4 Å². The molecular formula is C25H33N3O5S. The normalized spacial score (nSPS) is 18.5. The topological polar surface area (TPSA) is 105 Å². The summed E-state index contributed by atoms with van der Waals surface area (Å²) in [6, 6.07) is 14.6. The summed E-state index contributed by atoms with van der Waals surface area (Å²) in [7, 11) is -2.22. The number of piperidine rings is 1. The molecule has 0 aliphatic carbocycles. The summed E-state index contributed by atoms with van der Waals surface area (Å²) >= 11 is 0. The van der Waals surface area contributed by atoms with Gasteiger partial charge in [0, 0.05) is 18.8 Å². The van der Waals surface area contributed by atoms with Gasteiger partial charge in [-0.25, -0.2) is 8.42 Å². The van der Waals surface area contributed by atoms with Crippen molar-refractivity contribution in [3.63, 3.8) is 0 Å². The van der Waals surface area contributed by atoms with Gasteiger partial charge in [-0.05, 0) is 55.2 Å². The predicted octanol–water partition coefficient (Wildman–Crippen LogP) is 3.27. The molecule has 2 amide bonds. The van der Waals surface area contributed by atoms with Gasteiger partial charge in [0.05, 0.1) is 17.9 Å². The Hall–Kier alpha value is -2.91. The number of methoxy groups -OCH3 is 1. The van der Waals surface area contributed by atoms with Gasteiger partial charge in [-0.15, -0.1) is 0 Å². The Labute approximate surface area is 201 Å². The van der Waals surface area contributed by atoms with Crippen molar-refractivity contribution in [2.75, 3.05) is 25.5 Å². The van der Waals surface area contributed by atoms with Crippen molar-refractivity contribution in [2.45, 2.75) is 44.0 Å². The van der Waals surface area contributed by atoms with E-state index in [1.54, 1.807) is 24.3 Å². The van der Waals surface area contributed by atoms with Crippen molar-refractivity contribution in [3.8, 4) is 5.75 Å². The fourth-order valence-electron chi connectivity index (χ4n) is 3.99. The second kappa shape index (κ2) is 11.5. The molecule has 8 nitrogen and oxygen atoms in total. The third-order valence-electron chi connectivity index (χ3n) is 6.29. The molecule has 2 aromatic rings. The summed E-state index contributed by atoms with van der Waals surface area (Å²) in [5.41, 5.74) is 0.657.